The normalized spacial score (nSPS) is 11.3. The van der Waals surface area contributed by atoms with Crippen molar-refractivity contribution in [1.82, 2.24) is 5.32 Å². The number of rotatable bonds is 7. The van der Waals surface area contributed by atoms with Crippen LogP contribution in [0, 0.1) is 11.3 Å². The fourth-order valence-electron chi connectivity index (χ4n) is 2.52. The first-order valence-corrected chi connectivity index (χ1v) is 8.51. The second-order valence-corrected chi connectivity index (χ2v) is 6.14. The average Bonchev–Trinajstić information content (AvgIpc) is 2.66. The molecule has 0 spiro atoms. The van der Waals surface area contributed by atoms with Crippen LogP contribution < -0.4 is 5.32 Å². The van der Waals surface area contributed by atoms with Crippen molar-refractivity contribution < 1.29 is 14.3 Å². The van der Waals surface area contributed by atoms with Gasteiger partial charge in [-0.1, -0.05) is 41.9 Å². The van der Waals surface area contributed by atoms with Crippen molar-refractivity contribution in [2.75, 3.05) is 7.11 Å². The molecule has 0 aliphatic heterocycles. The number of nitrogens with one attached hydrogen (secondary N) is 1. The minimum Gasteiger partial charge on any atom is -0.469 e. The molecule has 2 aromatic rings. The summed E-state index contributed by atoms with van der Waals surface area (Å²) in [7, 11) is 1.30. The van der Waals surface area contributed by atoms with Gasteiger partial charge in [-0.25, -0.2) is 0 Å². The highest BCUT2D eigenvalue weighted by Crippen LogP contribution is 2.25. The van der Waals surface area contributed by atoms with Crippen molar-refractivity contribution in [2.24, 2.45) is 0 Å². The molecule has 0 heterocycles. The van der Waals surface area contributed by atoms with Crippen molar-refractivity contribution in [3.05, 3.63) is 70.2 Å². The summed E-state index contributed by atoms with van der Waals surface area (Å²) in [5.41, 5.74) is 2.21. The number of aryl methyl sites for hydroxylation is 1. The summed E-state index contributed by atoms with van der Waals surface area (Å²) >= 11 is 6.20. The van der Waals surface area contributed by atoms with Crippen LogP contribution in [0.3, 0.4) is 0 Å². The zero-order valence-corrected chi connectivity index (χ0v) is 15.1. The maximum atomic E-state index is 12.3. The van der Waals surface area contributed by atoms with Crippen LogP contribution in [0.1, 0.15) is 35.6 Å². The number of esters is 1. The third-order valence-corrected chi connectivity index (χ3v) is 4.28. The van der Waals surface area contributed by atoms with E-state index in [2.05, 4.69) is 11.4 Å². The molecule has 0 aliphatic rings. The Morgan fingerprint density at radius 2 is 1.88 bits per heavy atom. The van der Waals surface area contributed by atoms with Crippen molar-refractivity contribution in [3.63, 3.8) is 0 Å². The zero-order valence-electron chi connectivity index (χ0n) is 14.4. The van der Waals surface area contributed by atoms with Crippen molar-refractivity contribution in [1.29, 1.82) is 5.26 Å². The van der Waals surface area contributed by atoms with E-state index >= 15 is 0 Å². The molecule has 0 aliphatic carbocycles. The summed E-state index contributed by atoms with van der Waals surface area (Å²) in [5.74, 6) is -0.620. The predicted molar refractivity (Wildman–Crippen MR) is 98.4 cm³/mol. The molecule has 0 saturated carbocycles. The molecule has 0 saturated heterocycles. The minimum atomic E-state index is -0.551. The van der Waals surface area contributed by atoms with Crippen LogP contribution in [0.5, 0.6) is 0 Å². The lowest BCUT2D eigenvalue weighted by Crippen LogP contribution is -2.30. The molecule has 26 heavy (non-hydrogen) atoms. The highest BCUT2D eigenvalue weighted by atomic mass is 35.5. The molecule has 5 nitrogen and oxygen atoms in total. The minimum absolute atomic E-state index is 0.00282. The van der Waals surface area contributed by atoms with Gasteiger partial charge in [0.1, 0.15) is 0 Å². The van der Waals surface area contributed by atoms with E-state index in [9.17, 15) is 9.59 Å². The molecule has 1 amide bonds. The summed E-state index contributed by atoms with van der Waals surface area (Å²) < 4.78 is 4.72. The van der Waals surface area contributed by atoms with Gasteiger partial charge in [0.15, 0.2) is 0 Å². The van der Waals surface area contributed by atoms with Gasteiger partial charge in [0.05, 0.1) is 31.2 Å². The number of halogens is 1. The van der Waals surface area contributed by atoms with Gasteiger partial charge in [-0.2, -0.15) is 5.26 Å². The molecule has 0 aromatic heterocycles. The van der Waals surface area contributed by atoms with Crippen LogP contribution in [-0.2, 0) is 20.7 Å². The average molecular weight is 371 g/mol. The van der Waals surface area contributed by atoms with Crippen molar-refractivity contribution >= 4 is 23.5 Å². The van der Waals surface area contributed by atoms with Crippen LogP contribution in [0.2, 0.25) is 5.02 Å². The lowest BCUT2D eigenvalue weighted by Gasteiger charge is -2.19. The maximum Gasteiger partial charge on any atom is 0.307 e. The third kappa shape index (κ3) is 5.61. The second kappa shape index (κ2) is 9.59. The fraction of sp³-hybridized carbons (Fsp3) is 0.250. The Kier molecular flexibility index (Phi) is 7.19. The van der Waals surface area contributed by atoms with Gasteiger partial charge in [-0.15, -0.1) is 0 Å². The Morgan fingerprint density at radius 1 is 1.19 bits per heavy atom. The number of nitriles is 1. The number of hydrogen-bond acceptors (Lipinski definition) is 4. The first-order chi connectivity index (χ1) is 12.5. The van der Waals surface area contributed by atoms with Gasteiger partial charge in [-0.3, -0.25) is 9.59 Å². The summed E-state index contributed by atoms with van der Waals surface area (Å²) in [6, 6.07) is 15.7. The van der Waals surface area contributed by atoms with Crippen LogP contribution in [0.25, 0.3) is 0 Å². The number of benzene rings is 2. The topological polar surface area (TPSA) is 79.2 Å². The molecule has 2 rings (SSSR count). The lowest BCUT2D eigenvalue weighted by atomic mass is 10.0. The Morgan fingerprint density at radius 3 is 2.50 bits per heavy atom. The van der Waals surface area contributed by atoms with Gasteiger partial charge in [0, 0.05) is 11.4 Å². The lowest BCUT2D eigenvalue weighted by molar-refractivity contribution is -0.141. The highest BCUT2D eigenvalue weighted by molar-refractivity contribution is 6.31. The smallest absolute Gasteiger partial charge is 0.307 e. The van der Waals surface area contributed by atoms with Crippen LogP contribution in [0.4, 0.5) is 0 Å². The summed E-state index contributed by atoms with van der Waals surface area (Å²) in [6.45, 7) is 0. The molecule has 1 unspecified atom stereocenters. The van der Waals surface area contributed by atoms with E-state index in [1.54, 1.807) is 36.4 Å². The standard InChI is InChI=1S/C20H19ClN2O3/c1-26-20(25)12-18(16-4-2-3-5-17(16)21)23-19(24)11-10-14-6-8-15(13-22)9-7-14/h2-9,18H,10-12H2,1H3,(H,23,24). The first-order valence-electron chi connectivity index (χ1n) is 8.13. The Hall–Kier alpha value is -2.84. The van der Waals surface area contributed by atoms with Gasteiger partial charge in [0.2, 0.25) is 5.91 Å². The molecular formula is C20H19ClN2O3. The molecule has 1 N–H and O–H groups in total. The number of amides is 1. The highest BCUT2D eigenvalue weighted by Gasteiger charge is 2.20. The quantitative estimate of drug-likeness (QED) is 0.756. The fourth-order valence-corrected chi connectivity index (χ4v) is 2.78. The van der Waals surface area contributed by atoms with E-state index in [4.69, 9.17) is 21.6 Å². The molecule has 0 fully saturated rings. The monoisotopic (exact) mass is 370 g/mol. The maximum absolute atomic E-state index is 12.3. The van der Waals surface area contributed by atoms with E-state index in [-0.39, 0.29) is 18.7 Å². The van der Waals surface area contributed by atoms with E-state index in [0.717, 1.165) is 5.56 Å². The Balaban J connectivity index is 2.02. The van der Waals surface area contributed by atoms with Crippen molar-refractivity contribution in [2.45, 2.75) is 25.3 Å². The molecule has 0 bridgehead atoms. The van der Waals surface area contributed by atoms with Crippen molar-refractivity contribution in [3.8, 4) is 6.07 Å². The zero-order chi connectivity index (χ0) is 18.9. The molecule has 1 atom stereocenters. The molecular weight excluding hydrogens is 352 g/mol. The Bertz CT molecular complexity index is 813. The van der Waals surface area contributed by atoms with Gasteiger partial charge in [0.25, 0.3) is 0 Å². The Labute approximate surface area is 157 Å². The number of hydrogen-bond donors (Lipinski definition) is 1. The van der Waals surface area contributed by atoms with E-state index in [1.165, 1.54) is 7.11 Å². The third-order valence-electron chi connectivity index (χ3n) is 3.94. The van der Waals surface area contributed by atoms with Crippen LogP contribution in [0.15, 0.2) is 48.5 Å². The van der Waals surface area contributed by atoms with Gasteiger partial charge >= 0.3 is 5.97 Å². The summed E-state index contributed by atoms with van der Waals surface area (Å²) in [5, 5.41) is 12.1. The number of ether oxygens (including phenoxy) is 1. The van der Waals surface area contributed by atoms with E-state index in [1.807, 2.05) is 12.1 Å². The van der Waals surface area contributed by atoms with Crippen LogP contribution >= 0.6 is 11.6 Å². The first kappa shape index (κ1) is 19.5. The number of nitrogens with zero attached hydrogens (tertiary/aromatic N) is 1. The largest absolute Gasteiger partial charge is 0.469 e. The van der Waals surface area contributed by atoms with Gasteiger partial charge in [-0.05, 0) is 35.7 Å². The molecule has 0 radical (unpaired) electrons. The molecule has 2 aromatic carbocycles. The summed E-state index contributed by atoms with van der Waals surface area (Å²) in [4.78, 5) is 24.0. The van der Waals surface area contributed by atoms with E-state index < -0.39 is 12.0 Å². The summed E-state index contributed by atoms with van der Waals surface area (Å²) in [6.07, 6.45) is 0.794. The number of carbonyl (C=O) groups excluding carboxylic acids is 2. The molecule has 6 heteroatoms. The number of carbonyl (C=O) groups is 2. The predicted octanol–water partition coefficient (Wildman–Crippen LogP) is 3.56. The second-order valence-electron chi connectivity index (χ2n) is 5.73. The van der Waals surface area contributed by atoms with E-state index in [0.29, 0.717) is 22.6 Å². The molecule has 134 valence electrons. The number of methoxy groups -OCH3 is 1. The van der Waals surface area contributed by atoms with Crippen LogP contribution in [-0.4, -0.2) is 19.0 Å². The SMILES string of the molecule is COC(=O)CC(NC(=O)CCc1ccc(C#N)cc1)c1ccccc1Cl. The van der Waals surface area contributed by atoms with Gasteiger partial charge < -0.3 is 10.1 Å².